The Morgan fingerprint density at radius 3 is 2.12 bits per heavy atom. The van der Waals surface area contributed by atoms with Crippen LogP contribution >= 0.6 is 0 Å². The molecule has 1 aromatic carbocycles. The lowest BCUT2D eigenvalue weighted by Gasteiger charge is -2.44. The fourth-order valence-electron chi connectivity index (χ4n) is 4.27. The lowest BCUT2D eigenvalue weighted by Crippen LogP contribution is -2.54. The maximum atomic E-state index is 12.9. The van der Waals surface area contributed by atoms with E-state index in [9.17, 15) is 9.59 Å². The van der Waals surface area contributed by atoms with Gasteiger partial charge in [-0.25, -0.2) is 0 Å². The van der Waals surface area contributed by atoms with Gasteiger partial charge >= 0.3 is 0 Å². The minimum Gasteiger partial charge on any atom is -0.381 e. The number of hydrogen-bond donors (Lipinski definition) is 0. The highest BCUT2D eigenvalue weighted by Crippen LogP contribution is 2.35. The molecule has 2 heterocycles. The average molecular weight is 356 g/mol. The molecule has 2 aliphatic heterocycles. The first kappa shape index (κ1) is 17.5. The Kier molecular flexibility index (Phi) is 5.25. The van der Waals surface area contributed by atoms with E-state index in [1.807, 2.05) is 35.2 Å². The van der Waals surface area contributed by atoms with Gasteiger partial charge in [-0.15, -0.1) is 0 Å². The number of nitrogens with zero attached hydrogens (tertiary/aromatic N) is 2. The molecular formula is C21H28N2O3. The third-order valence-electron chi connectivity index (χ3n) is 5.93. The molecule has 0 radical (unpaired) electrons. The number of benzene rings is 1. The van der Waals surface area contributed by atoms with Gasteiger partial charge in [-0.2, -0.15) is 0 Å². The van der Waals surface area contributed by atoms with Crippen LogP contribution in [0.25, 0.3) is 0 Å². The second-order valence-corrected chi connectivity index (χ2v) is 7.75. The Balaban J connectivity index is 1.41. The molecule has 3 aliphatic rings. The highest BCUT2D eigenvalue weighted by atomic mass is 16.5. The van der Waals surface area contributed by atoms with E-state index >= 15 is 0 Å². The number of likely N-dealkylation sites (tertiary alicyclic amines) is 1. The van der Waals surface area contributed by atoms with Crippen LogP contribution in [0.5, 0.6) is 0 Å². The number of hydrogen-bond acceptors (Lipinski definition) is 3. The molecule has 5 heteroatoms. The van der Waals surface area contributed by atoms with E-state index in [2.05, 4.69) is 4.90 Å². The molecule has 0 N–H and O–H groups in total. The van der Waals surface area contributed by atoms with Gasteiger partial charge in [-0.3, -0.25) is 9.59 Å². The molecule has 2 saturated heterocycles. The lowest BCUT2D eigenvalue weighted by atomic mass is 9.96. The van der Waals surface area contributed by atoms with Crippen molar-refractivity contribution in [1.82, 2.24) is 9.80 Å². The molecule has 140 valence electrons. The number of carbonyl (C=O) groups excluding carboxylic acids is 2. The first-order valence-electron chi connectivity index (χ1n) is 9.98. The molecule has 5 nitrogen and oxygen atoms in total. The maximum absolute atomic E-state index is 12.9. The zero-order chi connectivity index (χ0) is 17.9. The van der Waals surface area contributed by atoms with Crippen LogP contribution in [0.2, 0.25) is 0 Å². The molecular weight excluding hydrogens is 328 g/mol. The summed E-state index contributed by atoms with van der Waals surface area (Å²) in [4.78, 5) is 29.7. The van der Waals surface area contributed by atoms with E-state index < -0.39 is 0 Å². The van der Waals surface area contributed by atoms with Crippen LogP contribution in [0.4, 0.5) is 0 Å². The second kappa shape index (κ2) is 7.78. The number of rotatable bonds is 4. The summed E-state index contributed by atoms with van der Waals surface area (Å²) in [6.45, 7) is 2.97. The van der Waals surface area contributed by atoms with Crippen molar-refractivity contribution in [1.29, 1.82) is 0 Å². The van der Waals surface area contributed by atoms with E-state index in [-0.39, 0.29) is 17.9 Å². The SMILES string of the molecule is O=C(c1ccccc1)N1CCC(N(C(=O)C2CC2)C2CCOCC2)CC1. The molecule has 4 rings (SSSR count). The van der Waals surface area contributed by atoms with Gasteiger partial charge in [-0.05, 0) is 50.7 Å². The fraction of sp³-hybridized carbons (Fsp3) is 0.619. The molecule has 0 aromatic heterocycles. The molecule has 3 fully saturated rings. The van der Waals surface area contributed by atoms with E-state index in [1.54, 1.807) is 0 Å². The van der Waals surface area contributed by atoms with Crippen molar-refractivity contribution < 1.29 is 14.3 Å². The molecule has 0 atom stereocenters. The highest BCUT2D eigenvalue weighted by Gasteiger charge is 2.41. The second-order valence-electron chi connectivity index (χ2n) is 7.75. The van der Waals surface area contributed by atoms with Gasteiger partial charge in [0.25, 0.3) is 5.91 Å². The van der Waals surface area contributed by atoms with Crippen LogP contribution in [0, 0.1) is 5.92 Å². The number of amides is 2. The standard InChI is InChI=1S/C21H28N2O3/c24-20(16-4-2-1-3-5-16)22-12-8-18(9-13-22)23(21(25)17-6-7-17)19-10-14-26-15-11-19/h1-5,17-19H,6-15H2. The number of piperidine rings is 1. The van der Waals surface area contributed by atoms with Gasteiger partial charge in [0.05, 0.1) is 0 Å². The Hall–Kier alpha value is -1.88. The molecule has 1 aromatic rings. The third-order valence-corrected chi connectivity index (χ3v) is 5.93. The maximum Gasteiger partial charge on any atom is 0.253 e. The van der Waals surface area contributed by atoms with Gasteiger partial charge in [0.15, 0.2) is 0 Å². The van der Waals surface area contributed by atoms with Crippen molar-refractivity contribution >= 4 is 11.8 Å². The van der Waals surface area contributed by atoms with Gasteiger partial charge in [0.2, 0.25) is 5.91 Å². The molecule has 1 saturated carbocycles. The summed E-state index contributed by atoms with van der Waals surface area (Å²) in [7, 11) is 0. The summed E-state index contributed by atoms with van der Waals surface area (Å²) in [6, 6.07) is 10.1. The minimum absolute atomic E-state index is 0.107. The minimum atomic E-state index is 0.107. The first-order valence-corrected chi connectivity index (χ1v) is 9.98. The Labute approximate surface area is 155 Å². The first-order chi connectivity index (χ1) is 12.7. The van der Waals surface area contributed by atoms with E-state index in [0.717, 1.165) is 70.4 Å². The zero-order valence-corrected chi connectivity index (χ0v) is 15.3. The topological polar surface area (TPSA) is 49.9 Å². The lowest BCUT2D eigenvalue weighted by molar-refractivity contribution is -0.141. The zero-order valence-electron chi connectivity index (χ0n) is 15.3. The van der Waals surface area contributed by atoms with Crippen molar-refractivity contribution in [2.75, 3.05) is 26.3 Å². The molecule has 0 unspecified atom stereocenters. The molecule has 0 spiro atoms. The van der Waals surface area contributed by atoms with Crippen molar-refractivity contribution in [3.8, 4) is 0 Å². The summed E-state index contributed by atoms with van der Waals surface area (Å²) in [6.07, 6.45) is 5.75. The Morgan fingerprint density at radius 1 is 0.885 bits per heavy atom. The fourth-order valence-corrected chi connectivity index (χ4v) is 4.27. The predicted octanol–water partition coefficient (Wildman–Crippen LogP) is 2.71. The van der Waals surface area contributed by atoms with E-state index in [1.165, 1.54) is 0 Å². The van der Waals surface area contributed by atoms with Crippen LogP contribution in [0.15, 0.2) is 30.3 Å². The third kappa shape index (κ3) is 3.78. The van der Waals surface area contributed by atoms with Crippen LogP contribution in [0.1, 0.15) is 48.9 Å². The monoisotopic (exact) mass is 356 g/mol. The highest BCUT2D eigenvalue weighted by molar-refractivity contribution is 5.94. The quantitative estimate of drug-likeness (QED) is 0.833. The Bertz CT molecular complexity index is 630. The Morgan fingerprint density at radius 2 is 1.50 bits per heavy atom. The van der Waals surface area contributed by atoms with Crippen LogP contribution in [0.3, 0.4) is 0 Å². The molecule has 2 amide bonds. The summed E-state index contributed by atoms with van der Waals surface area (Å²) in [5, 5.41) is 0. The van der Waals surface area contributed by atoms with Crippen LogP contribution < -0.4 is 0 Å². The van der Waals surface area contributed by atoms with Gasteiger partial charge < -0.3 is 14.5 Å². The van der Waals surface area contributed by atoms with Crippen molar-refractivity contribution in [3.05, 3.63) is 35.9 Å². The van der Waals surface area contributed by atoms with Crippen molar-refractivity contribution in [3.63, 3.8) is 0 Å². The smallest absolute Gasteiger partial charge is 0.253 e. The average Bonchev–Trinajstić information content (AvgIpc) is 3.55. The molecule has 26 heavy (non-hydrogen) atoms. The summed E-state index contributed by atoms with van der Waals surface area (Å²) < 4.78 is 5.50. The summed E-state index contributed by atoms with van der Waals surface area (Å²) in [5.41, 5.74) is 0.751. The van der Waals surface area contributed by atoms with Crippen molar-refractivity contribution in [2.45, 2.75) is 50.6 Å². The molecule has 0 bridgehead atoms. The largest absolute Gasteiger partial charge is 0.381 e. The van der Waals surface area contributed by atoms with Crippen molar-refractivity contribution in [2.24, 2.45) is 5.92 Å². The number of ether oxygens (including phenoxy) is 1. The van der Waals surface area contributed by atoms with Gasteiger partial charge in [-0.1, -0.05) is 18.2 Å². The van der Waals surface area contributed by atoms with E-state index in [0.29, 0.717) is 11.9 Å². The summed E-state index contributed by atoms with van der Waals surface area (Å²) in [5.74, 6) is 0.710. The van der Waals surface area contributed by atoms with Gasteiger partial charge in [0, 0.05) is 49.9 Å². The predicted molar refractivity (Wildman–Crippen MR) is 98.8 cm³/mol. The number of carbonyl (C=O) groups is 2. The normalized spacial score (nSPS) is 22.2. The van der Waals surface area contributed by atoms with Crippen LogP contribution in [-0.4, -0.2) is 60.0 Å². The van der Waals surface area contributed by atoms with Crippen LogP contribution in [-0.2, 0) is 9.53 Å². The van der Waals surface area contributed by atoms with Gasteiger partial charge in [0.1, 0.15) is 0 Å². The molecule has 1 aliphatic carbocycles. The van der Waals surface area contributed by atoms with E-state index in [4.69, 9.17) is 4.74 Å². The summed E-state index contributed by atoms with van der Waals surface area (Å²) >= 11 is 0.